The number of imide groups is 1. The van der Waals surface area contributed by atoms with E-state index in [0.29, 0.717) is 0 Å². The second kappa shape index (κ2) is 8.88. The molecule has 34 heavy (non-hydrogen) atoms. The lowest BCUT2D eigenvalue weighted by Gasteiger charge is -2.32. The Morgan fingerprint density at radius 2 is 1.41 bits per heavy atom. The summed E-state index contributed by atoms with van der Waals surface area (Å²) >= 11 is 0. The number of carbonyl (C=O) groups is 3. The number of fused-ring (bicyclic) bond motifs is 1. The highest BCUT2D eigenvalue weighted by Crippen LogP contribution is 2.50. The van der Waals surface area contributed by atoms with Crippen molar-refractivity contribution in [2.75, 3.05) is 7.11 Å². The molecule has 5 rings (SSSR count). The van der Waals surface area contributed by atoms with Crippen molar-refractivity contribution in [3.05, 3.63) is 108 Å². The monoisotopic (exact) mass is 454 g/mol. The molecule has 3 aromatic rings. The molecule has 0 bridgehead atoms. The van der Waals surface area contributed by atoms with Crippen LogP contribution in [0.3, 0.4) is 0 Å². The number of ether oxygens (including phenoxy) is 1. The first-order valence-corrected chi connectivity index (χ1v) is 11.4. The number of methoxy groups -OCH3 is 1. The second-order valence-corrected chi connectivity index (χ2v) is 8.91. The SMILES string of the molecule is COC(=O)[C@]1(Cc2ccccc2)N[C@H](c2ccccc2)[C@@H]2C(=O)N(Cc3ccccc3)C(=O)[C@@H]21. The van der Waals surface area contributed by atoms with Crippen molar-refractivity contribution in [1.29, 1.82) is 0 Å². The quantitative estimate of drug-likeness (QED) is 0.457. The van der Waals surface area contributed by atoms with Crippen LogP contribution < -0.4 is 5.32 Å². The maximum atomic E-state index is 13.9. The lowest BCUT2D eigenvalue weighted by Crippen LogP contribution is -2.57. The van der Waals surface area contributed by atoms with Gasteiger partial charge in [0, 0.05) is 12.5 Å². The van der Waals surface area contributed by atoms with E-state index in [-0.39, 0.29) is 24.8 Å². The number of esters is 1. The number of nitrogens with zero attached hydrogens (tertiary/aromatic N) is 1. The van der Waals surface area contributed by atoms with Crippen LogP contribution in [0.5, 0.6) is 0 Å². The van der Waals surface area contributed by atoms with Crippen LogP contribution in [-0.4, -0.2) is 35.3 Å². The van der Waals surface area contributed by atoms with Gasteiger partial charge in [-0.1, -0.05) is 91.0 Å². The Labute approximate surface area is 198 Å². The Balaban J connectivity index is 1.61. The van der Waals surface area contributed by atoms with Gasteiger partial charge in [-0.25, -0.2) is 0 Å². The maximum absolute atomic E-state index is 13.9. The maximum Gasteiger partial charge on any atom is 0.327 e. The number of hydrogen-bond donors (Lipinski definition) is 1. The zero-order chi connectivity index (χ0) is 23.7. The molecule has 0 spiro atoms. The smallest absolute Gasteiger partial charge is 0.327 e. The summed E-state index contributed by atoms with van der Waals surface area (Å²) in [6, 6.07) is 28.0. The summed E-state index contributed by atoms with van der Waals surface area (Å²) in [6.45, 7) is 0.176. The predicted molar refractivity (Wildman–Crippen MR) is 126 cm³/mol. The van der Waals surface area contributed by atoms with Crippen molar-refractivity contribution in [3.63, 3.8) is 0 Å². The molecule has 0 aromatic heterocycles. The first kappa shape index (κ1) is 22.0. The number of hydrogen-bond acceptors (Lipinski definition) is 5. The van der Waals surface area contributed by atoms with Gasteiger partial charge >= 0.3 is 5.97 Å². The van der Waals surface area contributed by atoms with E-state index in [4.69, 9.17) is 4.74 Å². The number of nitrogens with one attached hydrogen (secondary N) is 1. The van der Waals surface area contributed by atoms with Crippen molar-refractivity contribution < 1.29 is 19.1 Å². The molecule has 3 aromatic carbocycles. The molecule has 0 saturated carbocycles. The number of rotatable bonds is 6. The minimum absolute atomic E-state index is 0.176. The topological polar surface area (TPSA) is 75.7 Å². The van der Waals surface area contributed by atoms with Crippen LogP contribution in [0.1, 0.15) is 22.7 Å². The van der Waals surface area contributed by atoms with E-state index < -0.39 is 29.4 Å². The Kier molecular flexibility index (Phi) is 5.75. The van der Waals surface area contributed by atoms with Crippen molar-refractivity contribution in [3.8, 4) is 0 Å². The molecule has 4 atom stereocenters. The number of benzene rings is 3. The average molecular weight is 455 g/mol. The minimum Gasteiger partial charge on any atom is -0.468 e. The van der Waals surface area contributed by atoms with Crippen molar-refractivity contribution in [2.45, 2.75) is 24.5 Å². The van der Waals surface area contributed by atoms with E-state index in [1.54, 1.807) is 0 Å². The summed E-state index contributed by atoms with van der Waals surface area (Å²) in [5.41, 5.74) is 1.24. The first-order chi connectivity index (χ1) is 16.5. The van der Waals surface area contributed by atoms with Gasteiger partial charge in [0.2, 0.25) is 11.8 Å². The number of likely N-dealkylation sites (tertiary alicyclic amines) is 1. The Morgan fingerprint density at radius 1 is 0.853 bits per heavy atom. The molecule has 6 heteroatoms. The van der Waals surface area contributed by atoms with Gasteiger partial charge in [0.15, 0.2) is 0 Å². The van der Waals surface area contributed by atoms with E-state index in [0.717, 1.165) is 16.7 Å². The van der Waals surface area contributed by atoms with Gasteiger partial charge in [-0.05, 0) is 16.7 Å². The molecule has 1 N–H and O–H groups in total. The highest BCUT2D eigenvalue weighted by Gasteiger charge is 2.68. The van der Waals surface area contributed by atoms with Gasteiger partial charge in [-0.2, -0.15) is 0 Å². The second-order valence-electron chi connectivity index (χ2n) is 8.91. The Bertz CT molecular complexity index is 1200. The van der Waals surface area contributed by atoms with Crippen LogP contribution in [0.15, 0.2) is 91.0 Å². The molecule has 2 heterocycles. The minimum atomic E-state index is -1.36. The molecule has 2 saturated heterocycles. The third-order valence-electron chi connectivity index (χ3n) is 6.96. The zero-order valence-corrected chi connectivity index (χ0v) is 18.9. The fraction of sp³-hybridized carbons (Fsp3) is 0.250. The van der Waals surface area contributed by atoms with E-state index in [2.05, 4.69) is 5.32 Å². The molecule has 2 amide bonds. The first-order valence-electron chi connectivity index (χ1n) is 11.4. The summed E-state index contributed by atoms with van der Waals surface area (Å²) in [6.07, 6.45) is 0.239. The van der Waals surface area contributed by atoms with E-state index in [9.17, 15) is 14.4 Å². The fourth-order valence-corrected chi connectivity index (χ4v) is 5.45. The highest BCUT2D eigenvalue weighted by atomic mass is 16.5. The molecule has 2 aliphatic heterocycles. The van der Waals surface area contributed by atoms with Crippen LogP contribution in [0.25, 0.3) is 0 Å². The number of amides is 2. The van der Waals surface area contributed by atoms with Crippen molar-refractivity contribution >= 4 is 17.8 Å². The molecule has 0 unspecified atom stereocenters. The third kappa shape index (κ3) is 3.60. The van der Waals surface area contributed by atoms with Crippen LogP contribution in [0, 0.1) is 11.8 Å². The van der Waals surface area contributed by atoms with E-state index in [1.165, 1.54) is 12.0 Å². The summed E-state index contributed by atoms with van der Waals surface area (Å²) in [5.74, 6) is -2.72. The van der Waals surface area contributed by atoms with Crippen LogP contribution in [-0.2, 0) is 32.1 Å². The van der Waals surface area contributed by atoms with Crippen LogP contribution in [0.2, 0.25) is 0 Å². The van der Waals surface area contributed by atoms with E-state index >= 15 is 0 Å². The molecule has 2 aliphatic rings. The van der Waals surface area contributed by atoms with Gasteiger partial charge in [0.1, 0.15) is 5.54 Å². The molecule has 0 radical (unpaired) electrons. The molecule has 172 valence electrons. The summed E-state index contributed by atoms with van der Waals surface area (Å²) < 4.78 is 5.26. The normalized spacial score (nSPS) is 25.9. The van der Waals surface area contributed by atoms with Gasteiger partial charge in [-0.15, -0.1) is 0 Å². The zero-order valence-electron chi connectivity index (χ0n) is 18.9. The third-order valence-corrected chi connectivity index (χ3v) is 6.96. The van der Waals surface area contributed by atoms with Gasteiger partial charge in [0.25, 0.3) is 0 Å². The largest absolute Gasteiger partial charge is 0.468 e. The molecular formula is C28H26N2O4. The molecule has 2 fully saturated rings. The Morgan fingerprint density at radius 3 is 2.00 bits per heavy atom. The average Bonchev–Trinajstić information content (AvgIpc) is 3.35. The van der Waals surface area contributed by atoms with Gasteiger partial charge in [-0.3, -0.25) is 24.6 Å². The van der Waals surface area contributed by atoms with E-state index in [1.807, 2.05) is 91.0 Å². The van der Waals surface area contributed by atoms with Crippen molar-refractivity contribution in [1.82, 2.24) is 10.2 Å². The molecule has 6 nitrogen and oxygen atoms in total. The molecule has 0 aliphatic carbocycles. The van der Waals surface area contributed by atoms with Crippen LogP contribution in [0.4, 0.5) is 0 Å². The lowest BCUT2D eigenvalue weighted by molar-refractivity contribution is -0.154. The van der Waals surface area contributed by atoms with Gasteiger partial charge in [0.05, 0.1) is 25.5 Å². The predicted octanol–water partition coefficient (Wildman–Crippen LogP) is 3.29. The number of carbonyl (C=O) groups excluding carboxylic acids is 3. The van der Waals surface area contributed by atoms with Gasteiger partial charge < -0.3 is 4.74 Å². The standard InChI is InChI=1S/C28H26N2O4/c1-34-27(33)28(17-19-11-5-2-6-12-19)23-22(24(29-28)21-15-9-4-10-16-21)25(31)30(26(23)32)18-20-13-7-3-8-14-20/h2-16,22-24,29H,17-18H2,1H3/t22-,23-,24-,28-/m1/s1. The fourth-order valence-electron chi connectivity index (χ4n) is 5.45. The molecular weight excluding hydrogens is 428 g/mol. The lowest BCUT2D eigenvalue weighted by atomic mass is 9.76. The van der Waals surface area contributed by atoms with Crippen molar-refractivity contribution in [2.24, 2.45) is 11.8 Å². The van der Waals surface area contributed by atoms with Crippen LogP contribution >= 0.6 is 0 Å². The summed E-state index contributed by atoms with van der Waals surface area (Å²) in [4.78, 5) is 42.3. The summed E-state index contributed by atoms with van der Waals surface area (Å²) in [7, 11) is 1.32. The highest BCUT2D eigenvalue weighted by molar-refractivity contribution is 6.09. The Hall–Kier alpha value is -3.77. The summed E-state index contributed by atoms with van der Waals surface area (Å²) in [5, 5.41) is 3.42.